The summed E-state index contributed by atoms with van der Waals surface area (Å²) in [4.78, 5) is 0. The van der Waals surface area contributed by atoms with Crippen LogP contribution in [0.15, 0.2) is 48.5 Å². The average Bonchev–Trinajstić information content (AvgIpc) is 2.92. The molecule has 1 heteroatoms. The quantitative estimate of drug-likeness (QED) is 0.552. The van der Waals surface area contributed by atoms with Crippen LogP contribution in [0.5, 0.6) is 0 Å². The van der Waals surface area contributed by atoms with Gasteiger partial charge in [0.15, 0.2) is 0 Å². The van der Waals surface area contributed by atoms with Crippen LogP contribution in [0, 0.1) is 0 Å². The van der Waals surface area contributed by atoms with Gasteiger partial charge in [-0.05, 0) is 0 Å². The summed E-state index contributed by atoms with van der Waals surface area (Å²) in [5, 5.41) is 0. The topological polar surface area (TPSA) is 0 Å². The molecule has 88 valence electrons. The van der Waals surface area contributed by atoms with E-state index in [4.69, 9.17) is 0 Å². The molecule has 0 unspecified atom stereocenters. The zero-order chi connectivity index (χ0) is 10.2. The Morgan fingerprint density at radius 1 is 0.933 bits per heavy atom. The normalized spacial score (nSPS) is 8.67. The fourth-order valence-corrected chi connectivity index (χ4v) is 1.30. The van der Waals surface area contributed by atoms with Gasteiger partial charge < -0.3 is 29.8 Å². The second-order valence-electron chi connectivity index (χ2n) is 3.29. The largest absolute Gasteiger partial charge is 0.748 e. The molecule has 0 aromatic heterocycles. The minimum atomic E-state index is 0. The van der Waals surface area contributed by atoms with Crippen LogP contribution in [0.3, 0.4) is 0 Å². The van der Waals surface area contributed by atoms with Gasteiger partial charge in [-0.3, -0.25) is 0 Å². The van der Waals surface area contributed by atoms with Crippen LogP contribution in [-0.4, -0.2) is 0 Å². The third-order valence-electron chi connectivity index (χ3n) is 2.28. The first-order chi connectivity index (χ1) is 6.86. The third kappa shape index (κ3) is 5.61. The zero-order valence-electron chi connectivity index (χ0n) is 9.39. The minimum Gasteiger partial charge on any atom is -0.748 e. The molecule has 0 aliphatic carbocycles. The number of aryl methyl sites for hydroxylation is 2. The predicted molar refractivity (Wildman–Crippen MR) is 62.8 cm³/mol. The zero-order valence-corrected chi connectivity index (χ0v) is 10.5. The van der Waals surface area contributed by atoms with E-state index in [9.17, 15) is 0 Å². The molecule has 0 saturated heterocycles. The summed E-state index contributed by atoms with van der Waals surface area (Å²) >= 11 is 0. The molecule has 0 nitrogen and oxygen atoms in total. The monoisotopic (exact) mass is 242 g/mol. The van der Waals surface area contributed by atoms with E-state index in [-0.39, 0.29) is 17.1 Å². The van der Waals surface area contributed by atoms with Crippen molar-refractivity contribution in [3.05, 3.63) is 59.7 Å². The first-order valence-corrected chi connectivity index (χ1v) is 5.28. The summed E-state index contributed by atoms with van der Waals surface area (Å²) in [6, 6.07) is 16.8. The second-order valence-corrected chi connectivity index (χ2v) is 3.29. The van der Waals surface area contributed by atoms with Crippen molar-refractivity contribution in [2.75, 3.05) is 0 Å². The average molecular weight is 242 g/mol. The molecule has 0 aliphatic heterocycles. The van der Waals surface area contributed by atoms with Crippen LogP contribution in [0.25, 0.3) is 0 Å². The van der Waals surface area contributed by atoms with Crippen LogP contribution in [-0.2, 0) is 29.9 Å². The smallest absolute Gasteiger partial charge is 0 e. The van der Waals surface area contributed by atoms with E-state index in [0.717, 1.165) is 12.8 Å². The van der Waals surface area contributed by atoms with Gasteiger partial charge in [0.2, 0.25) is 0 Å². The standard InChI is InChI=1S/2C7H9.Fe/c2*1-2-7-5-3-4-6-7;/h2*3-6H,2H2,1H3;/q-5;-1;. The van der Waals surface area contributed by atoms with Gasteiger partial charge in [0, 0.05) is 17.1 Å². The minimum absolute atomic E-state index is 0. The van der Waals surface area contributed by atoms with Gasteiger partial charge in [-0.1, -0.05) is 20.3 Å². The fraction of sp³-hybridized carbons (Fsp3) is 0.286. The molecular weight excluding hydrogens is 224 g/mol. The molecule has 0 amide bonds. The van der Waals surface area contributed by atoms with Crippen LogP contribution in [0.4, 0.5) is 0 Å². The maximum absolute atomic E-state index is 2.16. The molecule has 0 fully saturated rings. The molecule has 0 saturated carbocycles. The summed E-state index contributed by atoms with van der Waals surface area (Å²) in [5.41, 5.74) is 2.86. The molecule has 0 spiro atoms. The maximum atomic E-state index is 2.16. The Hall–Kier alpha value is -0.781. The third-order valence-corrected chi connectivity index (χ3v) is 2.28. The Morgan fingerprint density at radius 2 is 1.47 bits per heavy atom. The number of rotatable bonds is 2. The molecular formula is C14H18Fe-6. The van der Waals surface area contributed by atoms with Gasteiger partial charge in [-0.15, -0.1) is 0 Å². The fourth-order valence-electron chi connectivity index (χ4n) is 1.30. The summed E-state index contributed by atoms with van der Waals surface area (Å²) < 4.78 is 0. The number of hydrogen-bond donors (Lipinski definition) is 0. The summed E-state index contributed by atoms with van der Waals surface area (Å²) in [6.45, 7) is 4.32. The Kier molecular flexibility index (Phi) is 8.08. The Labute approximate surface area is 104 Å². The number of hydrogen-bond acceptors (Lipinski definition) is 0. The predicted octanol–water partition coefficient (Wildman–Crippen LogP) is 3.93. The van der Waals surface area contributed by atoms with E-state index >= 15 is 0 Å². The van der Waals surface area contributed by atoms with E-state index < -0.39 is 0 Å². The maximum Gasteiger partial charge on any atom is 0 e. The van der Waals surface area contributed by atoms with Gasteiger partial charge in [0.1, 0.15) is 0 Å². The van der Waals surface area contributed by atoms with Crippen LogP contribution >= 0.6 is 0 Å². The van der Waals surface area contributed by atoms with E-state index in [0.29, 0.717) is 0 Å². The summed E-state index contributed by atoms with van der Waals surface area (Å²) in [5.74, 6) is 0. The molecule has 2 aromatic rings. The van der Waals surface area contributed by atoms with Gasteiger partial charge >= 0.3 is 0 Å². The van der Waals surface area contributed by atoms with Gasteiger partial charge in [0.25, 0.3) is 0 Å². The Balaban J connectivity index is 0.000000245. The summed E-state index contributed by atoms with van der Waals surface area (Å²) in [7, 11) is 0. The van der Waals surface area contributed by atoms with Crippen LogP contribution < -0.4 is 0 Å². The Morgan fingerprint density at radius 3 is 1.73 bits per heavy atom. The van der Waals surface area contributed by atoms with Crippen molar-refractivity contribution in [2.45, 2.75) is 26.7 Å². The van der Waals surface area contributed by atoms with Crippen LogP contribution in [0.1, 0.15) is 25.0 Å². The molecule has 0 heterocycles. The van der Waals surface area contributed by atoms with E-state index in [1.807, 2.05) is 0 Å². The van der Waals surface area contributed by atoms with Crippen molar-refractivity contribution in [2.24, 2.45) is 0 Å². The van der Waals surface area contributed by atoms with E-state index in [1.54, 1.807) is 0 Å². The van der Waals surface area contributed by atoms with Crippen molar-refractivity contribution in [1.82, 2.24) is 0 Å². The first-order valence-electron chi connectivity index (χ1n) is 5.28. The summed E-state index contributed by atoms with van der Waals surface area (Å²) in [6.07, 6.45) is 2.32. The van der Waals surface area contributed by atoms with E-state index in [1.165, 1.54) is 11.1 Å². The van der Waals surface area contributed by atoms with E-state index in [2.05, 4.69) is 62.4 Å². The van der Waals surface area contributed by atoms with Crippen molar-refractivity contribution >= 4 is 0 Å². The molecule has 0 bridgehead atoms. The molecule has 0 aliphatic rings. The van der Waals surface area contributed by atoms with Gasteiger partial charge in [-0.2, -0.15) is 17.7 Å². The second kappa shape index (κ2) is 8.52. The van der Waals surface area contributed by atoms with Crippen LogP contribution in [0.2, 0.25) is 0 Å². The van der Waals surface area contributed by atoms with Crippen molar-refractivity contribution in [3.8, 4) is 0 Å². The Bertz CT molecular complexity index is 269. The molecule has 0 N–H and O–H groups in total. The van der Waals surface area contributed by atoms with Crippen molar-refractivity contribution in [3.63, 3.8) is 0 Å². The van der Waals surface area contributed by atoms with Gasteiger partial charge in [-0.25, -0.2) is 18.6 Å². The van der Waals surface area contributed by atoms with Crippen molar-refractivity contribution < 1.29 is 17.1 Å². The molecule has 2 rings (SSSR count). The molecule has 0 radical (unpaired) electrons. The van der Waals surface area contributed by atoms with Crippen molar-refractivity contribution in [1.29, 1.82) is 0 Å². The molecule has 0 atom stereocenters. The SMILES string of the molecule is CC[c-]1[cH-][cH-][cH-][cH-]1.CC[c-]1cccc1.[Fe]. The van der Waals surface area contributed by atoms with Gasteiger partial charge in [0.05, 0.1) is 0 Å². The first kappa shape index (κ1) is 14.2. The molecule has 15 heavy (non-hydrogen) atoms. The molecule has 2 aromatic carbocycles.